The molecular weight excluding hydrogens is 255 g/mol. The van der Waals surface area contributed by atoms with Crippen molar-refractivity contribution in [2.75, 3.05) is 24.6 Å². The van der Waals surface area contributed by atoms with Crippen LogP contribution in [0.25, 0.3) is 0 Å². The molecule has 0 aliphatic carbocycles. The van der Waals surface area contributed by atoms with Crippen LogP contribution < -0.4 is 0 Å². The van der Waals surface area contributed by atoms with Gasteiger partial charge in [0, 0.05) is 25.2 Å². The van der Waals surface area contributed by atoms with Gasteiger partial charge in [-0.1, -0.05) is 6.07 Å². The lowest BCUT2D eigenvalue weighted by Gasteiger charge is -2.26. The lowest BCUT2D eigenvalue weighted by atomic mass is 10.1. The SMILES string of the molecule is N#Cc1ccc(CN2CCS(=O)(=O)CC2)c(F)c1. The van der Waals surface area contributed by atoms with Crippen molar-refractivity contribution in [1.29, 1.82) is 5.26 Å². The van der Waals surface area contributed by atoms with Crippen LogP contribution in [0.4, 0.5) is 4.39 Å². The average molecular weight is 268 g/mol. The molecule has 1 aromatic carbocycles. The lowest BCUT2D eigenvalue weighted by Crippen LogP contribution is -2.39. The van der Waals surface area contributed by atoms with Crippen molar-refractivity contribution >= 4 is 9.84 Å². The first kappa shape index (κ1) is 13.0. The normalized spacial score (nSPS) is 19.3. The van der Waals surface area contributed by atoms with Gasteiger partial charge in [0.25, 0.3) is 0 Å². The fourth-order valence-electron chi connectivity index (χ4n) is 1.89. The maximum atomic E-state index is 13.6. The third kappa shape index (κ3) is 3.06. The maximum Gasteiger partial charge on any atom is 0.152 e. The summed E-state index contributed by atoms with van der Waals surface area (Å²) in [7, 11) is -2.91. The van der Waals surface area contributed by atoms with Crippen molar-refractivity contribution in [3.05, 3.63) is 35.1 Å². The van der Waals surface area contributed by atoms with Crippen molar-refractivity contribution in [2.24, 2.45) is 0 Å². The van der Waals surface area contributed by atoms with Gasteiger partial charge in [0.15, 0.2) is 9.84 Å². The van der Waals surface area contributed by atoms with E-state index >= 15 is 0 Å². The minimum atomic E-state index is -2.91. The molecule has 0 aromatic heterocycles. The van der Waals surface area contributed by atoms with E-state index in [0.717, 1.165) is 0 Å². The van der Waals surface area contributed by atoms with Gasteiger partial charge in [-0.05, 0) is 12.1 Å². The first-order valence-corrected chi connectivity index (χ1v) is 7.43. The molecule has 1 fully saturated rings. The van der Waals surface area contributed by atoms with Crippen molar-refractivity contribution in [1.82, 2.24) is 4.90 Å². The van der Waals surface area contributed by atoms with E-state index in [0.29, 0.717) is 25.2 Å². The van der Waals surface area contributed by atoms with Crippen LogP contribution in [0.3, 0.4) is 0 Å². The van der Waals surface area contributed by atoms with Crippen LogP contribution in [0, 0.1) is 17.1 Å². The topological polar surface area (TPSA) is 61.2 Å². The van der Waals surface area contributed by atoms with Crippen LogP contribution in [0.5, 0.6) is 0 Å². The summed E-state index contributed by atoms with van der Waals surface area (Å²) in [6, 6.07) is 6.23. The zero-order valence-electron chi connectivity index (χ0n) is 9.76. The minimum Gasteiger partial charge on any atom is -0.297 e. The van der Waals surface area contributed by atoms with Gasteiger partial charge in [0.1, 0.15) is 5.82 Å². The summed E-state index contributed by atoms with van der Waals surface area (Å²) in [4.78, 5) is 1.91. The Morgan fingerprint density at radius 3 is 2.56 bits per heavy atom. The van der Waals surface area contributed by atoms with E-state index in [-0.39, 0.29) is 17.1 Å². The van der Waals surface area contributed by atoms with E-state index < -0.39 is 15.7 Å². The zero-order valence-corrected chi connectivity index (χ0v) is 10.6. The Morgan fingerprint density at radius 1 is 1.33 bits per heavy atom. The molecule has 1 aliphatic heterocycles. The van der Waals surface area contributed by atoms with Crippen molar-refractivity contribution < 1.29 is 12.8 Å². The van der Waals surface area contributed by atoms with Crippen LogP contribution in [-0.2, 0) is 16.4 Å². The maximum absolute atomic E-state index is 13.6. The van der Waals surface area contributed by atoms with Gasteiger partial charge >= 0.3 is 0 Å². The summed E-state index contributed by atoms with van der Waals surface area (Å²) in [6.07, 6.45) is 0. The molecule has 6 heteroatoms. The molecule has 0 amide bonds. The molecule has 96 valence electrons. The minimum absolute atomic E-state index is 0.130. The molecule has 0 atom stereocenters. The van der Waals surface area contributed by atoms with Gasteiger partial charge in [-0.2, -0.15) is 5.26 Å². The summed E-state index contributed by atoms with van der Waals surface area (Å²) in [5.74, 6) is -0.155. The fourth-order valence-corrected chi connectivity index (χ4v) is 3.17. The molecule has 0 radical (unpaired) electrons. The number of rotatable bonds is 2. The van der Waals surface area contributed by atoms with E-state index in [9.17, 15) is 12.8 Å². The molecule has 4 nitrogen and oxygen atoms in total. The second kappa shape index (κ2) is 5.04. The molecule has 1 aliphatic rings. The zero-order chi connectivity index (χ0) is 13.2. The van der Waals surface area contributed by atoms with Gasteiger partial charge in [0.05, 0.1) is 23.1 Å². The van der Waals surface area contributed by atoms with Crippen molar-refractivity contribution in [2.45, 2.75) is 6.54 Å². The Balaban J connectivity index is 2.05. The monoisotopic (exact) mass is 268 g/mol. The molecule has 0 spiro atoms. The number of hydrogen-bond acceptors (Lipinski definition) is 4. The highest BCUT2D eigenvalue weighted by Crippen LogP contribution is 2.14. The third-order valence-corrected chi connectivity index (χ3v) is 4.62. The molecule has 1 aromatic rings. The molecule has 0 bridgehead atoms. The largest absolute Gasteiger partial charge is 0.297 e. The molecule has 0 saturated carbocycles. The van der Waals surface area contributed by atoms with Crippen LogP contribution in [0.2, 0.25) is 0 Å². The summed E-state index contributed by atoms with van der Waals surface area (Å²) in [5, 5.41) is 8.64. The van der Waals surface area contributed by atoms with E-state index in [4.69, 9.17) is 5.26 Å². The highest BCUT2D eigenvalue weighted by molar-refractivity contribution is 7.91. The number of nitrogens with zero attached hydrogens (tertiary/aromatic N) is 2. The summed E-state index contributed by atoms with van der Waals surface area (Å²) >= 11 is 0. The molecular formula is C12H13FN2O2S. The number of benzene rings is 1. The first-order chi connectivity index (χ1) is 8.50. The van der Waals surface area contributed by atoms with Gasteiger partial charge in [-0.25, -0.2) is 12.8 Å². The van der Waals surface area contributed by atoms with E-state index in [1.807, 2.05) is 11.0 Å². The Kier molecular flexibility index (Phi) is 3.64. The first-order valence-electron chi connectivity index (χ1n) is 5.61. The molecule has 1 saturated heterocycles. The number of sulfone groups is 1. The summed E-state index contributed by atoms with van der Waals surface area (Å²) in [5.41, 5.74) is 0.783. The second-order valence-electron chi connectivity index (χ2n) is 4.35. The molecule has 0 unspecified atom stereocenters. The molecule has 0 N–H and O–H groups in total. The van der Waals surface area contributed by atoms with Gasteiger partial charge in [0.2, 0.25) is 0 Å². The standard InChI is InChI=1S/C12H13FN2O2S/c13-12-7-10(8-14)1-2-11(12)9-15-3-5-18(16,17)6-4-15/h1-2,7H,3-6,9H2. The van der Waals surface area contributed by atoms with Crippen LogP contribution in [0.1, 0.15) is 11.1 Å². The van der Waals surface area contributed by atoms with E-state index in [2.05, 4.69) is 0 Å². The Morgan fingerprint density at radius 2 is 2.00 bits per heavy atom. The lowest BCUT2D eigenvalue weighted by molar-refractivity contribution is 0.283. The average Bonchev–Trinajstić information content (AvgIpc) is 2.34. The van der Waals surface area contributed by atoms with Crippen molar-refractivity contribution in [3.8, 4) is 6.07 Å². The van der Waals surface area contributed by atoms with Crippen LogP contribution >= 0.6 is 0 Å². The fraction of sp³-hybridized carbons (Fsp3) is 0.417. The van der Waals surface area contributed by atoms with Gasteiger partial charge in [-0.3, -0.25) is 4.90 Å². The second-order valence-corrected chi connectivity index (χ2v) is 6.65. The Bertz CT molecular complexity index is 579. The van der Waals surface area contributed by atoms with Gasteiger partial charge < -0.3 is 0 Å². The van der Waals surface area contributed by atoms with Gasteiger partial charge in [-0.15, -0.1) is 0 Å². The highest BCUT2D eigenvalue weighted by Gasteiger charge is 2.22. The van der Waals surface area contributed by atoms with Crippen LogP contribution in [-0.4, -0.2) is 37.9 Å². The smallest absolute Gasteiger partial charge is 0.152 e. The Hall–Kier alpha value is -1.45. The molecule has 2 rings (SSSR count). The van der Waals surface area contributed by atoms with Crippen molar-refractivity contribution in [3.63, 3.8) is 0 Å². The predicted octanol–water partition coefficient (Wildman–Crippen LogP) is 0.928. The molecule has 1 heterocycles. The summed E-state index contributed by atoms with van der Waals surface area (Å²) < 4.78 is 36.2. The van der Waals surface area contributed by atoms with E-state index in [1.165, 1.54) is 6.07 Å². The van der Waals surface area contributed by atoms with Crippen LogP contribution in [0.15, 0.2) is 18.2 Å². The predicted molar refractivity (Wildman–Crippen MR) is 65.0 cm³/mol. The quantitative estimate of drug-likeness (QED) is 0.800. The van der Waals surface area contributed by atoms with E-state index in [1.54, 1.807) is 12.1 Å². The third-order valence-electron chi connectivity index (χ3n) is 3.01. The number of halogens is 1. The Labute approximate surface area is 106 Å². The number of nitriles is 1. The molecule has 18 heavy (non-hydrogen) atoms. The highest BCUT2D eigenvalue weighted by atomic mass is 32.2. The number of hydrogen-bond donors (Lipinski definition) is 0. The summed E-state index contributed by atoms with van der Waals surface area (Å²) in [6.45, 7) is 1.25.